The molecule has 47 heteroatoms. The van der Waals surface area contributed by atoms with Crippen LogP contribution in [0.5, 0.6) is 5.75 Å². The SMILES string of the molecule is CN(CC(=O)NCCCN=[N+]=[N-])C(=O)CN(C)C(=O)CN(C)C(=O)CN(C)C(=O)CN(C)C(=O)CN(C)C(=O)CN(C)C(=O)CN(C)C(=O)CN(C)C(=O)CN(C)C(=O)CN(C)C(=O)CN(C)C(=O)CN(C)C(=O)CN(C)C(=O)CN(C)C(=O)COCCOCCOCCOCCOCCOCCNC(=O)Oc1ccc([N+](=O)[O-])cc1. The Morgan fingerprint density at radius 2 is 0.552 bits per heavy atom. The minimum atomic E-state index is -0.730. The molecule has 17 amide bonds. The summed E-state index contributed by atoms with van der Waals surface area (Å²) in [5.41, 5.74) is 8.21. The number of nitro benzene ring substituents is 1. The molecule has 0 spiro atoms. The largest absolute Gasteiger partial charge is 0.412 e. The van der Waals surface area contributed by atoms with Gasteiger partial charge in [0.15, 0.2) is 0 Å². The zero-order valence-corrected chi connectivity index (χ0v) is 68.8. The maximum Gasteiger partial charge on any atom is 0.412 e. The van der Waals surface area contributed by atoms with Crippen molar-refractivity contribution in [2.45, 2.75) is 6.42 Å². The van der Waals surface area contributed by atoms with E-state index in [9.17, 15) is 91.6 Å². The highest BCUT2D eigenvalue weighted by Crippen LogP contribution is 2.17. The fourth-order valence-electron chi connectivity index (χ4n) is 8.92. The Morgan fingerprint density at radius 3 is 0.793 bits per heavy atom. The van der Waals surface area contributed by atoms with Gasteiger partial charge >= 0.3 is 6.09 Å². The number of hydrogen-bond acceptors (Lipinski definition) is 27. The van der Waals surface area contributed by atoms with E-state index in [4.69, 9.17) is 38.7 Å². The first-order valence-electron chi connectivity index (χ1n) is 36.1. The van der Waals surface area contributed by atoms with Crippen LogP contribution in [0.25, 0.3) is 10.4 Å². The number of nitrogens with one attached hydrogen (secondary N) is 2. The molecule has 1 aromatic rings. The lowest BCUT2D eigenvalue weighted by Crippen LogP contribution is -2.50. The van der Waals surface area contributed by atoms with Crippen LogP contribution in [-0.2, 0) is 105 Å². The third-order valence-electron chi connectivity index (χ3n) is 16.7. The zero-order valence-electron chi connectivity index (χ0n) is 68.8. The summed E-state index contributed by atoms with van der Waals surface area (Å²) in [6.07, 6.45) is -0.329. The van der Waals surface area contributed by atoms with Gasteiger partial charge in [-0.1, -0.05) is 5.11 Å². The lowest BCUT2D eigenvalue weighted by atomic mass is 10.3. The van der Waals surface area contributed by atoms with Gasteiger partial charge in [0.05, 0.1) is 176 Å². The van der Waals surface area contributed by atoms with Crippen molar-refractivity contribution < 1.29 is 120 Å². The molecule has 47 nitrogen and oxygen atoms in total. The van der Waals surface area contributed by atoms with Gasteiger partial charge in [-0.3, -0.25) is 86.8 Å². The maximum absolute atomic E-state index is 13.2. The first-order chi connectivity index (χ1) is 54.6. The van der Waals surface area contributed by atoms with Gasteiger partial charge in [0, 0.05) is 142 Å². The van der Waals surface area contributed by atoms with Gasteiger partial charge in [0.25, 0.3) is 5.69 Å². The minimum absolute atomic E-state index is 0.0727. The summed E-state index contributed by atoms with van der Waals surface area (Å²) >= 11 is 0. The average Bonchev–Trinajstić information content (AvgIpc) is 0.846. The first kappa shape index (κ1) is 102. The van der Waals surface area contributed by atoms with Gasteiger partial charge in [0.2, 0.25) is 94.5 Å². The molecule has 0 atom stereocenters. The molecule has 0 fully saturated rings. The lowest BCUT2D eigenvalue weighted by Gasteiger charge is -2.28. The van der Waals surface area contributed by atoms with E-state index in [0.717, 1.165) is 73.5 Å². The second-order valence-corrected chi connectivity index (χ2v) is 26.6. The standard InChI is InChI=1S/C69H113N21O26/c1-75(35-53(91)71-21-16-22-73-74-70)54(92)36-76(2)55(93)37-77(3)56(94)38-78(4)57(95)39-79(5)58(96)40-80(6)59(97)41-81(7)60(98)42-82(8)61(99)43-83(9)62(100)44-84(10)63(101)45-85(11)64(102)46-86(12)65(103)47-87(13)66(104)48-88(14)67(105)49-89(15)68(106)50-115-34-33-114-32-31-113-30-29-112-28-27-111-26-25-110-24-23-72-69(107)116-52-19-17-51(18-20-52)90(108)109/h17-20H,16,21-50H2,1-15H3,(H,71,91)(H,72,107). The van der Waals surface area contributed by atoms with Crippen LogP contribution in [0.2, 0.25) is 0 Å². The molecule has 0 aliphatic heterocycles. The quantitative estimate of drug-likeness (QED) is 0.0153. The molecule has 1 aromatic carbocycles. The van der Waals surface area contributed by atoms with Crippen molar-refractivity contribution in [3.63, 3.8) is 0 Å². The van der Waals surface area contributed by atoms with E-state index in [1.165, 1.54) is 130 Å². The summed E-state index contributed by atoms with van der Waals surface area (Å²) < 4.78 is 37.6. The molecule has 0 bridgehead atoms. The van der Waals surface area contributed by atoms with Crippen molar-refractivity contribution in [3.05, 3.63) is 44.8 Å². The normalized spacial score (nSPS) is 10.6. The average molecular weight is 1650 g/mol. The van der Waals surface area contributed by atoms with Crippen molar-refractivity contribution in [1.82, 2.24) is 84.1 Å². The van der Waals surface area contributed by atoms with Crippen LogP contribution in [0.3, 0.4) is 0 Å². The molecule has 0 aromatic heterocycles. The van der Waals surface area contributed by atoms with Gasteiger partial charge in [0.1, 0.15) is 12.4 Å². The van der Waals surface area contributed by atoms with Crippen LogP contribution in [-0.4, -0.2) is 482 Å². The molecule has 0 heterocycles. The first-order valence-corrected chi connectivity index (χ1v) is 36.1. The number of rotatable bonds is 56. The van der Waals surface area contributed by atoms with Gasteiger partial charge in [-0.15, -0.1) is 0 Å². The number of hydrogen-bond donors (Lipinski definition) is 2. The molecule has 2 N–H and O–H groups in total. The number of amides is 17. The van der Waals surface area contributed by atoms with Crippen molar-refractivity contribution in [1.29, 1.82) is 0 Å². The minimum Gasteiger partial charge on any atom is -0.410 e. The third kappa shape index (κ3) is 43.1. The topological polar surface area (TPSA) is 519 Å². The van der Waals surface area contributed by atoms with Crippen molar-refractivity contribution in [2.24, 2.45) is 5.11 Å². The molecule has 0 aliphatic carbocycles. The lowest BCUT2D eigenvalue weighted by molar-refractivity contribution is -0.384. The van der Waals surface area contributed by atoms with Gasteiger partial charge < -0.3 is 117 Å². The Kier molecular flexibility index (Phi) is 49.4. The highest BCUT2D eigenvalue weighted by Gasteiger charge is 2.29. The number of carbonyl (C=O) groups excluding carboxylic acids is 17. The number of benzene rings is 1. The predicted octanol–water partition coefficient (Wildman–Crippen LogP) is -6.52. The Hall–Kier alpha value is -11.5. The Labute approximate surface area is 672 Å². The summed E-state index contributed by atoms with van der Waals surface area (Å²) in [4.78, 5) is 248. The maximum atomic E-state index is 13.2. The summed E-state index contributed by atoms with van der Waals surface area (Å²) in [5.74, 6) is -10.1. The molecule has 0 radical (unpaired) electrons. The Bertz CT molecular complexity index is 3520. The summed E-state index contributed by atoms with van der Waals surface area (Å²) in [6.45, 7) is -4.15. The van der Waals surface area contributed by atoms with Crippen LogP contribution >= 0.6 is 0 Å². The summed E-state index contributed by atoms with van der Waals surface area (Å²) in [7, 11) is 19.6. The molecular weight excluding hydrogens is 1540 g/mol. The molecule has 0 saturated heterocycles. The third-order valence-corrected chi connectivity index (χ3v) is 16.7. The summed E-state index contributed by atoms with van der Waals surface area (Å²) in [6, 6.07) is 5.07. The number of ether oxygens (including phenoxy) is 7. The summed E-state index contributed by atoms with van der Waals surface area (Å²) in [5, 5.41) is 19.2. The van der Waals surface area contributed by atoms with Crippen molar-refractivity contribution in [2.75, 3.05) is 303 Å². The van der Waals surface area contributed by atoms with E-state index in [0.29, 0.717) is 39.5 Å². The molecule has 0 unspecified atom stereocenters. The van der Waals surface area contributed by atoms with Gasteiger partial charge in [-0.2, -0.15) is 0 Å². The number of carbonyl (C=O) groups is 17. The van der Waals surface area contributed by atoms with E-state index in [-0.39, 0.29) is 83.9 Å². The molecule has 116 heavy (non-hydrogen) atoms. The monoisotopic (exact) mass is 1650 g/mol. The molecule has 650 valence electrons. The second kappa shape index (κ2) is 55.9. The number of likely N-dealkylation sites (N-methyl/N-ethyl adjacent to an activating group) is 15. The van der Waals surface area contributed by atoms with E-state index >= 15 is 0 Å². The van der Waals surface area contributed by atoms with Crippen LogP contribution < -0.4 is 15.4 Å². The second-order valence-electron chi connectivity index (χ2n) is 26.6. The van der Waals surface area contributed by atoms with E-state index < -0.39 is 197 Å². The Morgan fingerprint density at radius 1 is 0.328 bits per heavy atom. The smallest absolute Gasteiger partial charge is 0.410 e. The van der Waals surface area contributed by atoms with E-state index in [2.05, 4.69) is 20.7 Å². The van der Waals surface area contributed by atoms with Crippen molar-refractivity contribution >= 4 is 106 Å². The molecule has 1 rings (SSSR count). The molecule has 0 aliphatic rings. The van der Waals surface area contributed by atoms with E-state index in [1.54, 1.807) is 0 Å². The highest BCUT2D eigenvalue weighted by atomic mass is 16.6. The number of non-ortho nitro benzene ring substituents is 1. The highest BCUT2D eigenvalue weighted by molar-refractivity contribution is 5.96. The van der Waals surface area contributed by atoms with Crippen molar-refractivity contribution in [3.8, 4) is 5.75 Å². The van der Waals surface area contributed by atoms with Crippen LogP contribution in [0.15, 0.2) is 29.4 Å². The number of nitrogens with zero attached hydrogens (tertiary/aromatic N) is 19. The Balaban J connectivity index is 2.36. The van der Waals surface area contributed by atoms with Gasteiger partial charge in [-0.05, 0) is 24.1 Å². The fraction of sp³-hybridized carbons (Fsp3) is 0.667. The zero-order chi connectivity index (χ0) is 87.7. The van der Waals surface area contributed by atoms with E-state index in [1.807, 2.05) is 0 Å². The number of nitro groups is 1. The predicted molar refractivity (Wildman–Crippen MR) is 408 cm³/mol. The van der Waals surface area contributed by atoms with Crippen LogP contribution in [0, 0.1) is 10.1 Å². The fourth-order valence-corrected chi connectivity index (χ4v) is 8.92. The van der Waals surface area contributed by atoms with Crippen LogP contribution in [0.4, 0.5) is 10.5 Å². The van der Waals surface area contributed by atoms with Gasteiger partial charge in [-0.25, -0.2) is 4.79 Å². The molecule has 0 saturated carbocycles. The number of azide groups is 1. The molecular formula is C69H113N21O26. The van der Waals surface area contributed by atoms with Crippen LogP contribution in [0.1, 0.15) is 6.42 Å².